The third kappa shape index (κ3) is 4.67. The summed E-state index contributed by atoms with van der Waals surface area (Å²) in [6.07, 6.45) is 1.87. The van der Waals surface area contributed by atoms with Crippen LogP contribution >= 0.6 is 11.8 Å². The molecule has 1 N–H and O–H groups in total. The molecule has 1 aromatic heterocycles. The monoisotopic (exact) mass is 224 g/mol. The van der Waals surface area contributed by atoms with Crippen LogP contribution < -0.4 is 5.32 Å². The zero-order valence-corrected chi connectivity index (χ0v) is 10.6. The van der Waals surface area contributed by atoms with Crippen molar-refractivity contribution in [1.82, 2.24) is 10.3 Å². The summed E-state index contributed by atoms with van der Waals surface area (Å²) >= 11 is 1.81. The summed E-state index contributed by atoms with van der Waals surface area (Å²) in [4.78, 5) is 4.39. The first kappa shape index (κ1) is 12.5. The fraction of sp³-hybridized carbons (Fsp3) is 0.583. The maximum Gasteiger partial charge on any atom is 0.100 e. The molecule has 0 amide bonds. The van der Waals surface area contributed by atoms with Crippen molar-refractivity contribution in [2.24, 2.45) is 5.92 Å². The van der Waals surface area contributed by atoms with Gasteiger partial charge in [-0.1, -0.05) is 26.8 Å². The van der Waals surface area contributed by atoms with Crippen LogP contribution in [0.2, 0.25) is 0 Å². The van der Waals surface area contributed by atoms with Crippen LogP contribution in [-0.4, -0.2) is 17.3 Å². The van der Waals surface area contributed by atoms with Crippen LogP contribution in [0.3, 0.4) is 0 Å². The topological polar surface area (TPSA) is 24.9 Å². The lowest BCUT2D eigenvalue weighted by molar-refractivity contribution is 0.549. The van der Waals surface area contributed by atoms with E-state index in [1.165, 1.54) is 5.56 Å². The Labute approximate surface area is 96.9 Å². The smallest absolute Gasteiger partial charge is 0.100 e. The van der Waals surface area contributed by atoms with Gasteiger partial charge in [0.1, 0.15) is 5.03 Å². The maximum absolute atomic E-state index is 4.39. The lowest BCUT2D eigenvalue weighted by Crippen LogP contribution is -2.19. The average Bonchev–Trinajstić information content (AvgIpc) is 2.20. The lowest BCUT2D eigenvalue weighted by atomic mass is 10.2. The molecule has 0 unspecified atom stereocenters. The summed E-state index contributed by atoms with van der Waals surface area (Å²) in [7, 11) is 0. The van der Waals surface area contributed by atoms with Crippen molar-refractivity contribution in [3.63, 3.8) is 0 Å². The summed E-state index contributed by atoms with van der Waals surface area (Å²) in [6, 6.07) is 4.16. The van der Waals surface area contributed by atoms with Crippen LogP contribution in [0.1, 0.15) is 26.3 Å². The van der Waals surface area contributed by atoms with E-state index in [4.69, 9.17) is 0 Å². The third-order valence-corrected chi connectivity index (χ3v) is 2.93. The second-order valence-corrected chi connectivity index (χ2v) is 5.18. The van der Waals surface area contributed by atoms with Crippen molar-refractivity contribution in [3.05, 3.63) is 23.9 Å². The molecule has 0 saturated heterocycles. The number of hydrogen-bond acceptors (Lipinski definition) is 3. The van der Waals surface area contributed by atoms with Gasteiger partial charge < -0.3 is 5.32 Å². The molecular formula is C12H20N2S. The van der Waals surface area contributed by atoms with Crippen LogP contribution in [0.4, 0.5) is 0 Å². The first-order chi connectivity index (χ1) is 7.24. The number of nitrogens with zero attached hydrogens (tertiary/aromatic N) is 1. The van der Waals surface area contributed by atoms with Crippen molar-refractivity contribution in [3.8, 4) is 0 Å². The summed E-state index contributed by atoms with van der Waals surface area (Å²) in [5.74, 6) is 1.78. The molecule has 0 saturated carbocycles. The Morgan fingerprint density at radius 3 is 2.93 bits per heavy atom. The van der Waals surface area contributed by atoms with Crippen molar-refractivity contribution in [2.45, 2.75) is 32.3 Å². The molecule has 0 fully saturated rings. The largest absolute Gasteiger partial charge is 0.312 e. The van der Waals surface area contributed by atoms with Crippen LogP contribution in [-0.2, 0) is 6.54 Å². The van der Waals surface area contributed by atoms with E-state index >= 15 is 0 Å². The Kier molecular flexibility index (Phi) is 5.73. The Hall–Kier alpha value is -0.540. The highest BCUT2D eigenvalue weighted by atomic mass is 32.2. The van der Waals surface area contributed by atoms with Gasteiger partial charge in [0, 0.05) is 12.7 Å². The van der Waals surface area contributed by atoms with Gasteiger partial charge in [-0.15, -0.1) is 11.8 Å². The predicted octanol–water partition coefficient (Wildman–Crippen LogP) is 2.94. The van der Waals surface area contributed by atoms with Crippen molar-refractivity contribution >= 4 is 11.8 Å². The SMILES string of the molecule is CCSc1ncccc1CNCC(C)C. The Morgan fingerprint density at radius 1 is 1.47 bits per heavy atom. The van der Waals surface area contributed by atoms with Crippen LogP contribution in [0.15, 0.2) is 23.4 Å². The summed E-state index contributed by atoms with van der Waals surface area (Å²) in [5, 5.41) is 4.61. The average molecular weight is 224 g/mol. The molecule has 0 spiro atoms. The second-order valence-electron chi connectivity index (χ2n) is 3.93. The van der Waals surface area contributed by atoms with Gasteiger partial charge in [0.25, 0.3) is 0 Å². The van der Waals surface area contributed by atoms with E-state index in [2.05, 4.69) is 37.1 Å². The van der Waals surface area contributed by atoms with Crippen LogP contribution in [0.5, 0.6) is 0 Å². The molecule has 1 heterocycles. The molecule has 0 aromatic carbocycles. The maximum atomic E-state index is 4.39. The lowest BCUT2D eigenvalue weighted by Gasteiger charge is -2.10. The minimum Gasteiger partial charge on any atom is -0.312 e. The quantitative estimate of drug-likeness (QED) is 0.752. The molecular weight excluding hydrogens is 204 g/mol. The number of pyridine rings is 1. The molecule has 1 aromatic rings. The highest BCUT2D eigenvalue weighted by molar-refractivity contribution is 7.99. The van der Waals surface area contributed by atoms with Crippen molar-refractivity contribution < 1.29 is 0 Å². The first-order valence-corrected chi connectivity index (χ1v) is 6.50. The summed E-state index contributed by atoms with van der Waals surface area (Å²) in [5.41, 5.74) is 1.31. The molecule has 0 atom stereocenters. The Balaban J connectivity index is 2.51. The van der Waals surface area contributed by atoms with Gasteiger partial charge in [-0.2, -0.15) is 0 Å². The van der Waals surface area contributed by atoms with Gasteiger partial charge in [0.05, 0.1) is 0 Å². The van der Waals surface area contributed by atoms with Gasteiger partial charge in [0.15, 0.2) is 0 Å². The molecule has 3 heteroatoms. The third-order valence-electron chi connectivity index (χ3n) is 2.00. The highest BCUT2D eigenvalue weighted by Crippen LogP contribution is 2.19. The van der Waals surface area contributed by atoms with Crippen molar-refractivity contribution in [1.29, 1.82) is 0 Å². The van der Waals surface area contributed by atoms with Crippen molar-refractivity contribution in [2.75, 3.05) is 12.3 Å². The molecule has 0 aliphatic rings. The number of hydrogen-bond donors (Lipinski definition) is 1. The fourth-order valence-corrected chi connectivity index (χ4v) is 2.06. The number of rotatable bonds is 6. The van der Waals surface area contributed by atoms with E-state index < -0.39 is 0 Å². The van der Waals surface area contributed by atoms with Crippen LogP contribution in [0.25, 0.3) is 0 Å². The molecule has 0 aliphatic carbocycles. The van der Waals surface area contributed by atoms with Gasteiger partial charge in [-0.3, -0.25) is 0 Å². The van der Waals surface area contributed by atoms with Gasteiger partial charge in [-0.25, -0.2) is 4.98 Å². The molecule has 84 valence electrons. The molecule has 15 heavy (non-hydrogen) atoms. The highest BCUT2D eigenvalue weighted by Gasteiger charge is 2.02. The van der Waals surface area contributed by atoms with E-state index in [0.717, 1.165) is 23.9 Å². The molecule has 1 rings (SSSR count). The molecule has 2 nitrogen and oxygen atoms in total. The van der Waals surface area contributed by atoms with E-state index in [1.54, 1.807) is 0 Å². The normalized spacial score (nSPS) is 10.9. The summed E-state index contributed by atoms with van der Waals surface area (Å²) < 4.78 is 0. The van der Waals surface area contributed by atoms with E-state index in [0.29, 0.717) is 5.92 Å². The minimum atomic E-state index is 0.698. The zero-order chi connectivity index (χ0) is 11.1. The van der Waals surface area contributed by atoms with Gasteiger partial charge >= 0.3 is 0 Å². The second kappa shape index (κ2) is 6.85. The van der Waals surface area contributed by atoms with E-state index in [1.807, 2.05) is 24.0 Å². The fourth-order valence-electron chi connectivity index (χ4n) is 1.32. The standard InChI is InChI=1S/C12H20N2S/c1-4-15-12-11(6-5-7-14-12)9-13-8-10(2)3/h5-7,10,13H,4,8-9H2,1-3H3. The zero-order valence-electron chi connectivity index (χ0n) is 9.79. The first-order valence-electron chi connectivity index (χ1n) is 5.51. The van der Waals surface area contributed by atoms with E-state index in [9.17, 15) is 0 Å². The molecule has 0 radical (unpaired) electrons. The predicted molar refractivity (Wildman–Crippen MR) is 67.2 cm³/mol. The minimum absolute atomic E-state index is 0.698. The van der Waals surface area contributed by atoms with Gasteiger partial charge in [-0.05, 0) is 29.8 Å². The van der Waals surface area contributed by atoms with Crippen LogP contribution in [0, 0.1) is 5.92 Å². The summed E-state index contributed by atoms with van der Waals surface area (Å²) in [6.45, 7) is 8.58. The Bertz CT molecular complexity index is 287. The number of thioether (sulfide) groups is 1. The molecule has 0 bridgehead atoms. The van der Waals surface area contributed by atoms with Gasteiger partial charge in [0.2, 0.25) is 0 Å². The molecule has 0 aliphatic heterocycles. The number of aromatic nitrogens is 1. The Morgan fingerprint density at radius 2 is 2.27 bits per heavy atom. The number of nitrogens with one attached hydrogen (secondary N) is 1. The van der Waals surface area contributed by atoms with E-state index in [-0.39, 0.29) is 0 Å².